The number of furan rings is 1. The number of aryl methyl sites for hydroxylation is 1. The van der Waals surface area contributed by atoms with Crippen LogP contribution in [0.15, 0.2) is 27.5 Å². The molecule has 0 aromatic carbocycles. The predicted molar refractivity (Wildman–Crippen MR) is 77.3 cm³/mol. The van der Waals surface area contributed by atoms with Crippen molar-refractivity contribution < 1.29 is 23.6 Å². The van der Waals surface area contributed by atoms with Crippen LogP contribution >= 0.6 is 0 Å². The van der Waals surface area contributed by atoms with Crippen molar-refractivity contribution in [3.05, 3.63) is 24.5 Å². The normalized spacial score (nSPS) is 18.1. The number of piperidine rings is 1. The fourth-order valence-corrected chi connectivity index (χ4v) is 2.71. The third-order valence-corrected chi connectivity index (χ3v) is 3.91. The molecule has 122 valence electrons. The van der Waals surface area contributed by atoms with E-state index in [1.165, 1.54) is 17.4 Å². The Morgan fingerprint density at radius 2 is 2.26 bits per heavy atom. The van der Waals surface area contributed by atoms with Crippen LogP contribution in [0.5, 0.6) is 0 Å². The predicted octanol–water partition coefficient (Wildman–Crippen LogP) is 1.73. The number of rotatable bonds is 5. The van der Waals surface area contributed by atoms with Crippen LogP contribution in [-0.4, -0.2) is 44.6 Å². The van der Waals surface area contributed by atoms with E-state index < -0.39 is 12.0 Å². The molecule has 0 spiro atoms. The molecule has 2 aromatic rings. The van der Waals surface area contributed by atoms with Gasteiger partial charge in [-0.25, -0.2) is 4.79 Å². The van der Waals surface area contributed by atoms with Gasteiger partial charge in [-0.3, -0.25) is 4.79 Å². The van der Waals surface area contributed by atoms with Gasteiger partial charge in [0.1, 0.15) is 12.3 Å². The van der Waals surface area contributed by atoms with Crippen molar-refractivity contribution in [1.29, 1.82) is 0 Å². The van der Waals surface area contributed by atoms with Gasteiger partial charge in [-0.05, 0) is 25.3 Å². The molecule has 1 atom stereocenters. The van der Waals surface area contributed by atoms with Crippen LogP contribution < -0.4 is 0 Å². The number of amides is 1. The lowest BCUT2D eigenvalue weighted by Crippen LogP contribution is -2.48. The minimum absolute atomic E-state index is 0.150. The third kappa shape index (κ3) is 3.41. The number of hydrogen-bond donors (Lipinski definition) is 1. The highest BCUT2D eigenvalue weighted by Crippen LogP contribution is 2.20. The molecule has 1 aliphatic heterocycles. The highest BCUT2D eigenvalue weighted by atomic mass is 16.5. The Kier molecular flexibility index (Phi) is 4.40. The van der Waals surface area contributed by atoms with Crippen molar-refractivity contribution in [1.82, 2.24) is 15.0 Å². The first-order valence-electron chi connectivity index (χ1n) is 7.52. The molecule has 0 bridgehead atoms. The van der Waals surface area contributed by atoms with Gasteiger partial charge >= 0.3 is 5.97 Å². The molecule has 1 unspecified atom stereocenters. The molecule has 0 aliphatic carbocycles. The van der Waals surface area contributed by atoms with E-state index in [0.29, 0.717) is 30.2 Å². The minimum Gasteiger partial charge on any atom is -0.480 e. The fourth-order valence-electron chi connectivity index (χ4n) is 2.71. The molecule has 1 N–H and O–H groups in total. The van der Waals surface area contributed by atoms with Crippen LogP contribution in [0, 0.1) is 0 Å². The standard InChI is InChI=1S/C15H17N3O5/c19-13(18-7-2-1-3-11(18)15(20)21)5-4-12-16-14(17-23-12)10-6-8-22-9-10/h6,8-9,11H,1-5,7H2,(H,20,21). The SMILES string of the molecule is O=C(O)C1CCCCN1C(=O)CCc1nc(-c2ccoc2)no1. The van der Waals surface area contributed by atoms with Crippen molar-refractivity contribution in [2.24, 2.45) is 0 Å². The molecule has 23 heavy (non-hydrogen) atoms. The molecule has 1 aliphatic rings. The van der Waals surface area contributed by atoms with E-state index in [2.05, 4.69) is 10.1 Å². The van der Waals surface area contributed by atoms with Crippen LogP contribution in [0.4, 0.5) is 0 Å². The zero-order chi connectivity index (χ0) is 16.2. The monoisotopic (exact) mass is 319 g/mol. The second-order valence-electron chi connectivity index (χ2n) is 5.46. The van der Waals surface area contributed by atoms with Crippen LogP contribution in [0.3, 0.4) is 0 Å². The van der Waals surface area contributed by atoms with Crippen molar-refractivity contribution in [3.63, 3.8) is 0 Å². The zero-order valence-electron chi connectivity index (χ0n) is 12.5. The van der Waals surface area contributed by atoms with Gasteiger partial charge in [-0.1, -0.05) is 5.16 Å². The molecule has 3 heterocycles. The summed E-state index contributed by atoms with van der Waals surface area (Å²) in [6, 6.07) is 0.991. The van der Waals surface area contributed by atoms with Gasteiger partial charge in [0, 0.05) is 19.4 Å². The van der Waals surface area contributed by atoms with E-state index in [4.69, 9.17) is 8.94 Å². The maximum Gasteiger partial charge on any atom is 0.326 e. The summed E-state index contributed by atoms with van der Waals surface area (Å²) in [5.41, 5.74) is 0.702. The van der Waals surface area contributed by atoms with Gasteiger partial charge in [0.25, 0.3) is 0 Å². The molecule has 0 radical (unpaired) electrons. The van der Waals surface area contributed by atoms with E-state index >= 15 is 0 Å². The Balaban J connectivity index is 1.59. The van der Waals surface area contributed by atoms with Crippen molar-refractivity contribution in [3.8, 4) is 11.4 Å². The summed E-state index contributed by atoms with van der Waals surface area (Å²) in [5, 5.41) is 13.0. The largest absolute Gasteiger partial charge is 0.480 e. The zero-order valence-corrected chi connectivity index (χ0v) is 12.5. The minimum atomic E-state index is -0.946. The van der Waals surface area contributed by atoms with E-state index in [9.17, 15) is 14.7 Å². The Morgan fingerprint density at radius 1 is 1.39 bits per heavy atom. The third-order valence-electron chi connectivity index (χ3n) is 3.91. The first-order valence-corrected chi connectivity index (χ1v) is 7.52. The summed E-state index contributed by atoms with van der Waals surface area (Å²) in [6.07, 6.45) is 5.62. The number of likely N-dealkylation sites (tertiary alicyclic amines) is 1. The Morgan fingerprint density at radius 3 is 3.00 bits per heavy atom. The van der Waals surface area contributed by atoms with Gasteiger partial charge < -0.3 is 18.9 Å². The van der Waals surface area contributed by atoms with Crippen molar-refractivity contribution in [2.45, 2.75) is 38.1 Å². The topological polar surface area (TPSA) is 110 Å². The quantitative estimate of drug-likeness (QED) is 0.893. The smallest absolute Gasteiger partial charge is 0.326 e. The lowest BCUT2D eigenvalue weighted by atomic mass is 10.0. The summed E-state index contributed by atoms with van der Waals surface area (Å²) in [6.45, 7) is 0.486. The number of aliphatic carboxylic acids is 1. The Hall–Kier alpha value is -2.64. The van der Waals surface area contributed by atoms with Crippen LogP contribution in [0.1, 0.15) is 31.6 Å². The highest BCUT2D eigenvalue weighted by molar-refractivity contribution is 5.83. The number of carboxylic acids is 1. The van der Waals surface area contributed by atoms with Gasteiger partial charge in [-0.2, -0.15) is 4.98 Å². The van der Waals surface area contributed by atoms with E-state index in [-0.39, 0.29) is 18.7 Å². The first kappa shape index (κ1) is 15.3. The van der Waals surface area contributed by atoms with Gasteiger partial charge in [0.05, 0.1) is 11.8 Å². The maximum absolute atomic E-state index is 12.3. The number of carbonyl (C=O) groups is 2. The van der Waals surface area contributed by atoms with E-state index in [0.717, 1.165) is 12.8 Å². The molecule has 1 amide bonds. The summed E-state index contributed by atoms with van der Waals surface area (Å²) >= 11 is 0. The molecule has 0 saturated carbocycles. The average Bonchev–Trinajstić information content (AvgIpc) is 3.23. The van der Waals surface area contributed by atoms with Crippen LogP contribution in [-0.2, 0) is 16.0 Å². The second-order valence-corrected chi connectivity index (χ2v) is 5.46. The molecule has 3 rings (SSSR count). The molecule has 1 saturated heterocycles. The van der Waals surface area contributed by atoms with Crippen LogP contribution in [0.2, 0.25) is 0 Å². The number of carboxylic acid groups (broad SMARTS) is 1. The van der Waals surface area contributed by atoms with E-state index in [1.807, 2.05) is 0 Å². The molecule has 1 fully saturated rings. The fraction of sp³-hybridized carbons (Fsp3) is 0.467. The van der Waals surface area contributed by atoms with Crippen molar-refractivity contribution in [2.75, 3.05) is 6.54 Å². The second kappa shape index (κ2) is 6.64. The first-order chi connectivity index (χ1) is 11.1. The average molecular weight is 319 g/mol. The number of hydrogen-bond acceptors (Lipinski definition) is 6. The summed E-state index contributed by atoms with van der Waals surface area (Å²) in [4.78, 5) is 29.2. The molecule has 8 nitrogen and oxygen atoms in total. The van der Waals surface area contributed by atoms with Crippen molar-refractivity contribution >= 4 is 11.9 Å². The summed E-state index contributed by atoms with van der Waals surface area (Å²) < 4.78 is 10.1. The molecular weight excluding hydrogens is 302 g/mol. The molecule has 8 heteroatoms. The maximum atomic E-state index is 12.3. The van der Waals surface area contributed by atoms with E-state index in [1.54, 1.807) is 6.07 Å². The number of nitrogens with zero attached hydrogens (tertiary/aromatic N) is 3. The highest BCUT2D eigenvalue weighted by Gasteiger charge is 2.31. The lowest BCUT2D eigenvalue weighted by Gasteiger charge is -2.32. The van der Waals surface area contributed by atoms with Gasteiger partial charge in [0.15, 0.2) is 0 Å². The van der Waals surface area contributed by atoms with Gasteiger partial charge in [0.2, 0.25) is 17.6 Å². The molecular formula is C15H17N3O5. The summed E-state index contributed by atoms with van der Waals surface area (Å²) in [5.74, 6) is -0.390. The Labute approximate surface area is 132 Å². The summed E-state index contributed by atoms with van der Waals surface area (Å²) in [7, 11) is 0. The Bertz CT molecular complexity index is 679. The van der Waals surface area contributed by atoms with Crippen LogP contribution in [0.25, 0.3) is 11.4 Å². The van der Waals surface area contributed by atoms with Gasteiger partial charge in [-0.15, -0.1) is 0 Å². The number of aromatic nitrogens is 2. The number of carbonyl (C=O) groups excluding carboxylic acids is 1. The molecule has 2 aromatic heterocycles. The lowest BCUT2D eigenvalue weighted by molar-refractivity contribution is -0.152.